The van der Waals surface area contributed by atoms with Crippen LogP contribution in [0.3, 0.4) is 0 Å². The van der Waals surface area contributed by atoms with Gasteiger partial charge in [-0.25, -0.2) is 4.98 Å². The molecule has 0 atom stereocenters. The van der Waals surface area contributed by atoms with Crippen molar-refractivity contribution in [1.82, 2.24) is 10.1 Å². The second-order valence-electron chi connectivity index (χ2n) is 5.64. The molecule has 2 aromatic heterocycles. The Bertz CT molecular complexity index is 942. The second-order valence-corrected chi connectivity index (χ2v) is 6.85. The van der Waals surface area contributed by atoms with Crippen molar-refractivity contribution in [2.45, 2.75) is 20.8 Å². The monoisotopic (exact) mass is 373 g/mol. The van der Waals surface area contributed by atoms with Gasteiger partial charge in [0.2, 0.25) is 0 Å². The number of nitrogens with one attached hydrogen (secondary N) is 1. The van der Waals surface area contributed by atoms with Gasteiger partial charge in [0.15, 0.2) is 5.13 Å². The predicted octanol–water partition coefficient (Wildman–Crippen LogP) is 3.99. The number of methoxy groups -OCH3 is 2. The molecule has 136 valence electrons. The number of hydrogen-bond donors (Lipinski definition) is 1. The average molecular weight is 373 g/mol. The summed E-state index contributed by atoms with van der Waals surface area (Å²) in [4.78, 5) is 18.0. The highest BCUT2D eigenvalue weighted by atomic mass is 32.1. The largest absolute Gasteiger partial charge is 0.497 e. The van der Waals surface area contributed by atoms with Crippen LogP contribution in [0.5, 0.6) is 11.5 Å². The van der Waals surface area contributed by atoms with Crippen molar-refractivity contribution >= 4 is 22.4 Å². The fraction of sp³-hybridized carbons (Fsp3) is 0.278. The Labute approximate surface area is 154 Å². The van der Waals surface area contributed by atoms with Crippen LogP contribution < -0.4 is 14.8 Å². The van der Waals surface area contributed by atoms with Crippen LogP contribution in [0.4, 0.5) is 5.13 Å². The number of hydrogen-bond acceptors (Lipinski definition) is 7. The molecule has 1 amide bonds. The summed E-state index contributed by atoms with van der Waals surface area (Å²) in [5.74, 6) is 1.54. The van der Waals surface area contributed by atoms with E-state index < -0.39 is 0 Å². The molecule has 3 aromatic rings. The molecule has 0 radical (unpaired) electrons. The van der Waals surface area contributed by atoms with Gasteiger partial charge in [-0.2, -0.15) is 0 Å². The normalized spacial score (nSPS) is 10.7. The molecule has 0 aliphatic rings. The van der Waals surface area contributed by atoms with Crippen molar-refractivity contribution in [3.05, 3.63) is 40.1 Å². The molecule has 7 nitrogen and oxygen atoms in total. The van der Waals surface area contributed by atoms with E-state index in [0.717, 1.165) is 16.1 Å². The minimum Gasteiger partial charge on any atom is -0.497 e. The first-order valence-electron chi connectivity index (χ1n) is 7.88. The van der Waals surface area contributed by atoms with Gasteiger partial charge in [-0.1, -0.05) is 5.16 Å². The summed E-state index contributed by atoms with van der Waals surface area (Å²) >= 11 is 1.39. The number of amides is 1. The Morgan fingerprint density at radius 1 is 1.19 bits per heavy atom. The van der Waals surface area contributed by atoms with E-state index in [2.05, 4.69) is 15.5 Å². The highest BCUT2D eigenvalue weighted by molar-refractivity contribution is 7.16. The standard InChI is InChI=1S/C18H19N3O4S/c1-9-15(10(2)25-21-9)17(22)20-18-19-16(11(3)26-18)13-7-6-12(23-4)8-14(13)24-5/h6-8H,1-5H3,(H,19,20,22). The molecule has 0 spiro atoms. The molecule has 0 aliphatic carbocycles. The molecule has 1 aromatic carbocycles. The molecular weight excluding hydrogens is 354 g/mol. The van der Waals surface area contributed by atoms with Gasteiger partial charge in [-0.3, -0.25) is 10.1 Å². The van der Waals surface area contributed by atoms with E-state index in [4.69, 9.17) is 14.0 Å². The lowest BCUT2D eigenvalue weighted by Gasteiger charge is -2.09. The lowest BCUT2D eigenvalue weighted by atomic mass is 10.1. The maximum absolute atomic E-state index is 12.5. The van der Waals surface area contributed by atoms with Crippen LogP contribution in [0.2, 0.25) is 0 Å². The van der Waals surface area contributed by atoms with Gasteiger partial charge >= 0.3 is 0 Å². The predicted molar refractivity (Wildman–Crippen MR) is 99.3 cm³/mol. The van der Waals surface area contributed by atoms with Gasteiger partial charge in [0.25, 0.3) is 5.91 Å². The van der Waals surface area contributed by atoms with Gasteiger partial charge in [-0.15, -0.1) is 11.3 Å². The first kappa shape index (κ1) is 17.9. The minimum absolute atomic E-state index is 0.289. The average Bonchev–Trinajstić information content (AvgIpc) is 3.15. The third-order valence-corrected chi connectivity index (χ3v) is 4.83. The van der Waals surface area contributed by atoms with Crippen LogP contribution >= 0.6 is 11.3 Å². The highest BCUT2D eigenvalue weighted by Crippen LogP contribution is 2.37. The summed E-state index contributed by atoms with van der Waals surface area (Å²) in [6, 6.07) is 5.54. The van der Waals surface area contributed by atoms with Gasteiger partial charge < -0.3 is 14.0 Å². The van der Waals surface area contributed by atoms with Gasteiger partial charge in [0.1, 0.15) is 22.8 Å². The third kappa shape index (κ3) is 3.28. The lowest BCUT2D eigenvalue weighted by molar-refractivity contribution is 0.102. The molecule has 0 saturated carbocycles. The minimum atomic E-state index is -0.289. The Balaban J connectivity index is 1.92. The summed E-state index contributed by atoms with van der Waals surface area (Å²) in [5, 5.41) is 7.13. The van der Waals surface area contributed by atoms with E-state index in [1.165, 1.54) is 11.3 Å². The van der Waals surface area contributed by atoms with E-state index in [9.17, 15) is 4.79 Å². The second kappa shape index (κ2) is 7.17. The Morgan fingerprint density at radius 3 is 2.58 bits per heavy atom. The van der Waals surface area contributed by atoms with E-state index >= 15 is 0 Å². The van der Waals surface area contributed by atoms with Crippen LogP contribution in [-0.4, -0.2) is 30.3 Å². The van der Waals surface area contributed by atoms with Crippen molar-refractivity contribution < 1.29 is 18.8 Å². The first-order valence-corrected chi connectivity index (χ1v) is 8.70. The van der Waals surface area contributed by atoms with Gasteiger partial charge in [0.05, 0.1) is 25.6 Å². The van der Waals surface area contributed by atoms with Crippen LogP contribution in [0, 0.1) is 20.8 Å². The van der Waals surface area contributed by atoms with E-state index in [0.29, 0.717) is 33.6 Å². The number of rotatable bonds is 5. The van der Waals surface area contributed by atoms with E-state index in [-0.39, 0.29) is 5.91 Å². The first-order chi connectivity index (χ1) is 12.4. The van der Waals surface area contributed by atoms with Gasteiger partial charge in [0, 0.05) is 16.5 Å². The maximum atomic E-state index is 12.5. The SMILES string of the molecule is COc1ccc(-c2nc(NC(=O)c3c(C)noc3C)sc2C)c(OC)c1. The Morgan fingerprint density at radius 2 is 1.96 bits per heavy atom. The number of aryl methyl sites for hydroxylation is 3. The van der Waals surface area contributed by atoms with Crippen LogP contribution in [0.25, 0.3) is 11.3 Å². The summed E-state index contributed by atoms with van der Waals surface area (Å²) in [5.41, 5.74) is 2.57. The van der Waals surface area contributed by atoms with E-state index in [1.54, 1.807) is 34.1 Å². The number of carbonyl (C=O) groups excluding carboxylic acids is 1. The molecule has 3 rings (SSSR count). The Hall–Kier alpha value is -2.87. The number of aromatic nitrogens is 2. The van der Waals surface area contributed by atoms with Gasteiger partial charge in [-0.05, 0) is 32.9 Å². The molecule has 0 aliphatic heterocycles. The van der Waals surface area contributed by atoms with Crippen molar-refractivity contribution in [3.8, 4) is 22.8 Å². The zero-order valence-electron chi connectivity index (χ0n) is 15.2. The highest BCUT2D eigenvalue weighted by Gasteiger charge is 2.20. The van der Waals surface area contributed by atoms with Crippen molar-refractivity contribution in [1.29, 1.82) is 0 Å². The molecule has 8 heteroatoms. The van der Waals surface area contributed by atoms with Crippen molar-refractivity contribution in [2.75, 3.05) is 19.5 Å². The zero-order valence-corrected chi connectivity index (χ0v) is 16.0. The lowest BCUT2D eigenvalue weighted by Crippen LogP contribution is -2.13. The quantitative estimate of drug-likeness (QED) is 0.728. The number of anilines is 1. The zero-order chi connectivity index (χ0) is 18.8. The molecule has 0 bridgehead atoms. The maximum Gasteiger partial charge on any atom is 0.262 e. The van der Waals surface area contributed by atoms with Crippen LogP contribution in [0.15, 0.2) is 22.7 Å². The molecule has 0 saturated heterocycles. The smallest absolute Gasteiger partial charge is 0.262 e. The van der Waals surface area contributed by atoms with Crippen molar-refractivity contribution in [3.63, 3.8) is 0 Å². The molecular formula is C18H19N3O4S. The summed E-state index contributed by atoms with van der Waals surface area (Å²) < 4.78 is 15.7. The number of thiazole rings is 1. The van der Waals surface area contributed by atoms with E-state index in [1.807, 2.05) is 19.1 Å². The summed E-state index contributed by atoms with van der Waals surface area (Å²) in [6.45, 7) is 5.38. The topological polar surface area (TPSA) is 86.5 Å². The summed E-state index contributed by atoms with van der Waals surface area (Å²) in [6.07, 6.45) is 0. The number of benzene rings is 1. The number of nitrogens with zero attached hydrogens (tertiary/aromatic N) is 2. The Kier molecular flexibility index (Phi) is 4.94. The molecule has 26 heavy (non-hydrogen) atoms. The molecule has 0 unspecified atom stereocenters. The molecule has 2 heterocycles. The number of carbonyl (C=O) groups is 1. The van der Waals surface area contributed by atoms with Crippen LogP contribution in [-0.2, 0) is 0 Å². The summed E-state index contributed by atoms with van der Waals surface area (Å²) in [7, 11) is 3.20. The number of ether oxygens (including phenoxy) is 2. The fourth-order valence-corrected chi connectivity index (χ4v) is 3.48. The third-order valence-electron chi connectivity index (χ3n) is 3.94. The van der Waals surface area contributed by atoms with Crippen LogP contribution in [0.1, 0.15) is 26.7 Å². The fourth-order valence-electron chi connectivity index (χ4n) is 2.66. The molecule has 0 fully saturated rings. The molecule has 1 N–H and O–H groups in total. The van der Waals surface area contributed by atoms with Crippen molar-refractivity contribution in [2.24, 2.45) is 0 Å².